The fourth-order valence-electron chi connectivity index (χ4n) is 13.5. The third-order valence-corrected chi connectivity index (χ3v) is 86.6. The Bertz CT molecular complexity index is 1970. The average molecular weight is 816 g/mol. The van der Waals surface area contributed by atoms with Gasteiger partial charge >= 0.3 is 288 Å². The summed E-state index contributed by atoms with van der Waals surface area (Å²) in [5.41, 5.74) is 15.0. The van der Waals surface area contributed by atoms with Gasteiger partial charge in [-0.25, -0.2) is 0 Å². The summed E-state index contributed by atoms with van der Waals surface area (Å²) >= 11 is -5.31. The minimum absolute atomic E-state index is 0.495. The Morgan fingerprint density at radius 3 is 1.29 bits per heavy atom. The Hall–Kier alpha value is -2.55. The van der Waals surface area contributed by atoms with Crippen LogP contribution in [0.2, 0.25) is 16.7 Å². The Balaban J connectivity index is 1.44. The van der Waals surface area contributed by atoms with E-state index in [4.69, 9.17) is 0 Å². The van der Waals surface area contributed by atoms with Crippen molar-refractivity contribution in [3.63, 3.8) is 0 Å². The van der Waals surface area contributed by atoms with Crippen molar-refractivity contribution in [2.75, 3.05) is 0 Å². The molecule has 0 aromatic heterocycles. The van der Waals surface area contributed by atoms with Crippen LogP contribution in [0.3, 0.4) is 0 Å². The van der Waals surface area contributed by atoms with E-state index in [2.05, 4.69) is 139 Å². The van der Waals surface area contributed by atoms with E-state index in [1.54, 1.807) is 11.1 Å². The maximum atomic E-state index is 3.09. The normalized spacial score (nSPS) is 23.0. The molecule has 2 fully saturated rings. The van der Waals surface area contributed by atoms with Crippen LogP contribution in [0, 0.1) is 0 Å². The molecule has 4 aliphatic rings. The molecule has 2 atom stereocenters. The van der Waals surface area contributed by atoms with Crippen LogP contribution >= 0.6 is 0 Å². The molecule has 48 heavy (non-hydrogen) atoms. The Kier molecular flexibility index (Phi) is 7.29. The summed E-state index contributed by atoms with van der Waals surface area (Å²) in [5.74, 6) is 0. The Morgan fingerprint density at radius 2 is 0.896 bits per heavy atom. The molecule has 2 unspecified atom stereocenters. The van der Waals surface area contributed by atoms with Gasteiger partial charge in [-0.1, -0.05) is 0 Å². The topological polar surface area (TPSA) is 0 Å². The molecule has 4 aliphatic carbocycles. The Morgan fingerprint density at radius 1 is 0.521 bits per heavy atom. The van der Waals surface area contributed by atoms with E-state index in [0.717, 1.165) is 20.2 Å². The SMILES string of the molecule is CCc1ccccc1-c1cccc2c1C=C[CH]2[Hf]([CH3])([CH3])(=[SiH2])([CH]1CCCC1)([CH]1CCCC1)[CH]1C=Cc2c(-c3ccccc3CC)cccc21. The summed E-state index contributed by atoms with van der Waals surface area (Å²) in [6.45, 7) is 7.34. The second-order valence-corrected chi connectivity index (χ2v) is 92.2. The van der Waals surface area contributed by atoms with Gasteiger partial charge in [0.05, 0.1) is 0 Å². The second-order valence-electron chi connectivity index (χ2n) is 18.6. The van der Waals surface area contributed by atoms with Crippen molar-refractivity contribution in [1.29, 1.82) is 0 Å². The first-order chi connectivity index (χ1) is 23.1. The van der Waals surface area contributed by atoms with Crippen LogP contribution in [0.25, 0.3) is 34.4 Å². The van der Waals surface area contributed by atoms with Crippen LogP contribution in [0.1, 0.15) is 106 Å². The monoisotopic (exact) mass is 816 g/mol. The fraction of sp³-hybridized carbons (Fsp3) is 0.391. The van der Waals surface area contributed by atoms with Crippen LogP contribution in [0.5, 0.6) is 0 Å². The molecule has 0 nitrogen and oxygen atoms in total. The first-order valence-corrected chi connectivity index (χ1v) is 43.2. The fourth-order valence-corrected chi connectivity index (χ4v) is 77.0. The summed E-state index contributed by atoms with van der Waals surface area (Å²) in [4.78, 5) is 0. The van der Waals surface area contributed by atoms with E-state index < -0.39 is 14.2 Å². The molecular weight excluding hydrogens is 759 g/mol. The molecule has 4 aromatic rings. The van der Waals surface area contributed by atoms with Gasteiger partial charge in [0.15, 0.2) is 0 Å². The zero-order chi connectivity index (χ0) is 33.3. The van der Waals surface area contributed by atoms with Crippen molar-refractivity contribution in [2.45, 2.75) is 102 Å². The molecule has 0 bridgehead atoms. The second kappa shape index (κ2) is 10.7. The molecular formula is C46H56HfSi. The molecule has 0 saturated heterocycles. The third-order valence-electron chi connectivity index (χ3n) is 16.3. The average Bonchev–Trinajstić information content (AvgIpc) is 3.95. The van der Waals surface area contributed by atoms with Crippen molar-refractivity contribution in [3.05, 3.63) is 130 Å². The summed E-state index contributed by atoms with van der Waals surface area (Å²) < 4.78 is 8.76. The van der Waals surface area contributed by atoms with E-state index in [-0.39, 0.29) is 0 Å². The number of hydrogen-bond acceptors (Lipinski definition) is 0. The van der Waals surface area contributed by atoms with Crippen molar-refractivity contribution in [1.82, 2.24) is 0 Å². The first-order valence-electron chi connectivity index (χ1n) is 19.4. The Labute approximate surface area is 286 Å². The zero-order valence-electron chi connectivity index (χ0n) is 30.0. The molecule has 248 valence electrons. The van der Waals surface area contributed by atoms with Gasteiger partial charge in [-0.3, -0.25) is 0 Å². The van der Waals surface area contributed by atoms with E-state index in [9.17, 15) is 0 Å². The summed E-state index contributed by atoms with van der Waals surface area (Å²) in [7, 11) is 0. The molecule has 0 spiro atoms. The summed E-state index contributed by atoms with van der Waals surface area (Å²) in [6, 6.07) is 33.1. The molecule has 2 heteroatoms. The van der Waals surface area contributed by atoms with Gasteiger partial charge < -0.3 is 0 Å². The predicted molar refractivity (Wildman–Crippen MR) is 211 cm³/mol. The van der Waals surface area contributed by atoms with Crippen LogP contribution in [0.15, 0.2) is 97.1 Å². The number of allylic oxidation sites excluding steroid dienone is 2. The number of fused-ring (bicyclic) bond motifs is 2. The predicted octanol–water partition coefficient (Wildman–Crippen LogP) is 13.1. The van der Waals surface area contributed by atoms with Crippen molar-refractivity contribution < 1.29 is 14.2 Å². The van der Waals surface area contributed by atoms with Gasteiger partial charge in [-0.15, -0.1) is 0 Å². The van der Waals surface area contributed by atoms with Gasteiger partial charge in [0, 0.05) is 0 Å². The van der Waals surface area contributed by atoms with Crippen molar-refractivity contribution in [3.8, 4) is 22.3 Å². The molecule has 4 aromatic carbocycles. The molecule has 0 amide bonds. The van der Waals surface area contributed by atoms with E-state index in [1.165, 1.54) is 95.9 Å². The van der Waals surface area contributed by atoms with E-state index in [1.807, 2.05) is 0 Å². The van der Waals surface area contributed by atoms with Crippen molar-refractivity contribution in [2.24, 2.45) is 0 Å². The van der Waals surface area contributed by atoms with E-state index in [0.29, 0.717) is 7.35 Å². The quantitative estimate of drug-likeness (QED) is 0.155. The molecule has 0 N–H and O–H groups in total. The standard InChI is InChI=1S/2C17H15.2C5H9.2CH3.Hf.H2Si/c2*1-2-13-7-3-4-10-15(13)17-12-6-9-14-8-5-11-16(14)17;2*1-2-4-5-3-1;;;;/h2*3-12H,2H2,1H3;2*1H,2-5H2;2*1H3;;1H2. The first kappa shape index (κ1) is 32.6. The molecule has 0 radical (unpaired) electrons. The van der Waals surface area contributed by atoms with Crippen LogP contribution in [0.4, 0.5) is 0 Å². The van der Waals surface area contributed by atoms with Gasteiger partial charge in [0.2, 0.25) is 0 Å². The van der Waals surface area contributed by atoms with Crippen LogP contribution in [-0.2, 0) is 27.0 Å². The molecule has 8 rings (SSSR count). The van der Waals surface area contributed by atoms with Crippen LogP contribution < -0.4 is 0 Å². The van der Waals surface area contributed by atoms with Crippen LogP contribution in [-0.4, -0.2) is 6.94 Å². The number of benzene rings is 4. The molecule has 0 aliphatic heterocycles. The van der Waals surface area contributed by atoms with Gasteiger partial charge in [-0.05, 0) is 0 Å². The maximum absolute atomic E-state index is 5.31. The third kappa shape index (κ3) is 4.03. The van der Waals surface area contributed by atoms with E-state index >= 15 is 0 Å². The van der Waals surface area contributed by atoms with Gasteiger partial charge in [0.25, 0.3) is 0 Å². The van der Waals surface area contributed by atoms with Gasteiger partial charge in [-0.2, -0.15) is 0 Å². The summed E-state index contributed by atoms with van der Waals surface area (Å²) in [6.07, 6.45) is 24.2. The number of hydrogen-bond donors (Lipinski definition) is 0. The minimum atomic E-state index is -5.31. The number of rotatable bonds is 8. The molecule has 2 saturated carbocycles. The van der Waals surface area contributed by atoms with Gasteiger partial charge in [0.1, 0.15) is 0 Å². The number of aryl methyl sites for hydroxylation is 2. The molecule has 0 heterocycles. The van der Waals surface area contributed by atoms with Crippen molar-refractivity contribution >= 4 is 19.1 Å². The zero-order valence-corrected chi connectivity index (χ0v) is 35.0. The summed E-state index contributed by atoms with van der Waals surface area (Å²) in [5, 5.41) is 0.